The Morgan fingerprint density at radius 2 is 1.47 bits per heavy atom. The third-order valence-corrected chi connectivity index (χ3v) is 5.41. The van der Waals surface area contributed by atoms with Gasteiger partial charge in [-0.15, -0.1) is 0 Å². The first kappa shape index (κ1) is 27.0. The summed E-state index contributed by atoms with van der Waals surface area (Å²) in [5.41, 5.74) is -2.41. The number of hydrogen-bond donors (Lipinski definition) is 0. The second-order valence-corrected chi connectivity index (χ2v) is 7.73. The molecule has 0 spiro atoms. The average molecular weight is 550 g/mol. The van der Waals surface area contributed by atoms with Crippen molar-refractivity contribution in [2.75, 3.05) is 19.1 Å². The quantitative estimate of drug-likeness (QED) is 0.310. The molecule has 0 bridgehead atoms. The first-order valence-corrected chi connectivity index (χ1v) is 10.4. The van der Waals surface area contributed by atoms with E-state index >= 15 is 0 Å². The van der Waals surface area contributed by atoms with Gasteiger partial charge in [0.05, 0.1) is 41.1 Å². The molecule has 1 heterocycles. The Morgan fingerprint density at radius 3 is 2.03 bits per heavy atom. The van der Waals surface area contributed by atoms with Crippen molar-refractivity contribution in [3.8, 4) is 11.5 Å². The number of allylic oxidation sites excluding steroid dienone is 2. The molecule has 0 saturated carbocycles. The molecule has 0 atom stereocenters. The van der Waals surface area contributed by atoms with Crippen molar-refractivity contribution in [1.29, 1.82) is 0 Å². The number of hydrogen-bond acceptors (Lipinski definition) is 6. The third-order valence-electron chi connectivity index (χ3n) is 4.69. The van der Waals surface area contributed by atoms with Crippen molar-refractivity contribution in [3.05, 3.63) is 87.2 Å². The van der Waals surface area contributed by atoms with Crippen LogP contribution in [0, 0.1) is 11.6 Å². The maximum Gasteiger partial charge on any atom is 0.416 e. The van der Waals surface area contributed by atoms with Crippen molar-refractivity contribution >= 4 is 40.8 Å². The molecule has 0 aliphatic carbocycles. The van der Waals surface area contributed by atoms with E-state index < -0.39 is 52.5 Å². The van der Waals surface area contributed by atoms with Gasteiger partial charge in [0, 0.05) is 12.3 Å². The van der Waals surface area contributed by atoms with Gasteiger partial charge in [-0.25, -0.2) is 18.4 Å². The van der Waals surface area contributed by atoms with E-state index in [1.807, 2.05) is 0 Å². The van der Waals surface area contributed by atoms with Crippen molar-refractivity contribution in [1.82, 2.24) is 0 Å². The maximum atomic E-state index is 14.5. The highest BCUT2D eigenvalue weighted by atomic mass is 35.5. The van der Waals surface area contributed by atoms with E-state index in [0.717, 1.165) is 31.3 Å². The zero-order chi connectivity index (χ0) is 26.8. The second kappa shape index (κ2) is 10.6. The first-order chi connectivity index (χ1) is 16.9. The standard InChI is InChI=1S/C23H14Cl2F5NO5/c1-34-21(32)12-5-3-4-6-31(19(12)22(33)35-2)17-9-13(24)14(25)10-18(17)36-20-15(26)7-11(8-16(20)27)23(28,29)30/h3-10H,1-2H3. The van der Waals surface area contributed by atoms with Crippen LogP contribution >= 0.6 is 23.2 Å². The Balaban J connectivity index is 2.24. The molecule has 0 saturated heterocycles. The lowest BCUT2D eigenvalue weighted by molar-refractivity contribution is -0.139. The molecule has 0 fully saturated rings. The van der Waals surface area contributed by atoms with Gasteiger partial charge >= 0.3 is 18.1 Å². The van der Waals surface area contributed by atoms with Crippen LogP contribution in [-0.4, -0.2) is 26.2 Å². The minimum atomic E-state index is -5.01. The predicted octanol–water partition coefficient (Wildman–Crippen LogP) is 6.57. The molecule has 36 heavy (non-hydrogen) atoms. The molecule has 0 aromatic heterocycles. The number of anilines is 1. The highest BCUT2D eigenvalue weighted by Crippen LogP contribution is 2.43. The van der Waals surface area contributed by atoms with Gasteiger partial charge in [0.2, 0.25) is 0 Å². The minimum absolute atomic E-state index is 0.0561. The largest absolute Gasteiger partial charge is 0.465 e. The number of halogens is 7. The van der Waals surface area contributed by atoms with E-state index in [0.29, 0.717) is 0 Å². The predicted molar refractivity (Wildman–Crippen MR) is 120 cm³/mol. The summed E-state index contributed by atoms with van der Waals surface area (Å²) < 4.78 is 82.6. The fourth-order valence-electron chi connectivity index (χ4n) is 3.07. The number of methoxy groups -OCH3 is 2. The van der Waals surface area contributed by atoms with E-state index in [1.54, 1.807) is 0 Å². The molecule has 1 aliphatic heterocycles. The Hall–Kier alpha value is -3.57. The van der Waals surface area contributed by atoms with Crippen molar-refractivity contribution in [2.45, 2.75) is 6.18 Å². The summed E-state index contributed by atoms with van der Waals surface area (Å²) >= 11 is 12.2. The van der Waals surface area contributed by atoms with Gasteiger partial charge in [0.25, 0.3) is 0 Å². The fraction of sp³-hybridized carbons (Fsp3) is 0.130. The van der Waals surface area contributed by atoms with Crippen LogP contribution in [-0.2, 0) is 25.2 Å². The highest BCUT2D eigenvalue weighted by molar-refractivity contribution is 6.42. The number of esters is 2. The number of carbonyl (C=O) groups is 2. The van der Waals surface area contributed by atoms with Crippen LogP contribution in [0.5, 0.6) is 11.5 Å². The third kappa shape index (κ3) is 5.47. The van der Waals surface area contributed by atoms with Gasteiger partial charge in [0.1, 0.15) is 5.70 Å². The van der Waals surface area contributed by atoms with E-state index in [9.17, 15) is 31.5 Å². The van der Waals surface area contributed by atoms with Gasteiger partial charge in [-0.3, -0.25) is 0 Å². The molecule has 2 aromatic carbocycles. The van der Waals surface area contributed by atoms with Crippen molar-refractivity contribution in [2.24, 2.45) is 0 Å². The summed E-state index contributed by atoms with van der Waals surface area (Å²) in [6.45, 7) is 0. The molecule has 0 N–H and O–H groups in total. The molecule has 2 aromatic rings. The summed E-state index contributed by atoms with van der Waals surface area (Å²) in [6, 6.07) is 2.28. The Kier molecular flexibility index (Phi) is 7.95. The van der Waals surface area contributed by atoms with E-state index in [1.165, 1.54) is 24.4 Å². The van der Waals surface area contributed by atoms with E-state index in [-0.39, 0.29) is 33.4 Å². The molecule has 6 nitrogen and oxygen atoms in total. The van der Waals surface area contributed by atoms with Crippen LogP contribution < -0.4 is 9.64 Å². The zero-order valence-corrected chi connectivity index (χ0v) is 19.8. The Bertz CT molecular complexity index is 1300. The molecule has 0 radical (unpaired) electrons. The van der Waals surface area contributed by atoms with Crippen LogP contribution in [0.4, 0.5) is 27.6 Å². The molecule has 1 aliphatic rings. The summed E-state index contributed by atoms with van der Waals surface area (Å²) in [5, 5.41) is -0.251. The summed E-state index contributed by atoms with van der Waals surface area (Å²) in [6.07, 6.45) is 0.294. The van der Waals surface area contributed by atoms with Crippen LogP contribution in [0.1, 0.15) is 5.56 Å². The SMILES string of the molecule is COC(=O)C1=C(C(=O)OC)N(c2cc(Cl)c(Cl)cc2Oc2c(F)cc(C(F)(F)F)cc2F)C=CC=C1. The smallest absolute Gasteiger partial charge is 0.416 e. The number of rotatable bonds is 5. The first-order valence-electron chi connectivity index (χ1n) is 9.67. The van der Waals surface area contributed by atoms with Gasteiger partial charge < -0.3 is 19.1 Å². The topological polar surface area (TPSA) is 65.1 Å². The summed E-state index contributed by atoms with van der Waals surface area (Å²) in [4.78, 5) is 26.1. The van der Waals surface area contributed by atoms with Crippen LogP contribution in [0.3, 0.4) is 0 Å². The average Bonchev–Trinajstić information content (AvgIpc) is 3.04. The number of ether oxygens (including phenoxy) is 3. The molecule has 0 unspecified atom stereocenters. The second-order valence-electron chi connectivity index (χ2n) is 6.92. The molecular weight excluding hydrogens is 536 g/mol. The van der Waals surface area contributed by atoms with E-state index in [2.05, 4.69) is 0 Å². The van der Waals surface area contributed by atoms with Crippen LogP contribution in [0.15, 0.2) is 60.0 Å². The number of benzene rings is 2. The Morgan fingerprint density at radius 1 is 0.889 bits per heavy atom. The number of nitrogens with zero attached hydrogens (tertiary/aromatic N) is 1. The molecule has 190 valence electrons. The minimum Gasteiger partial charge on any atom is -0.465 e. The van der Waals surface area contributed by atoms with Gasteiger partial charge in [-0.2, -0.15) is 13.2 Å². The monoisotopic (exact) mass is 549 g/mol. The molecule has 3 rings (SSSR count). The van der Waals surface area contributed by atoms with Crippen LogP contribution in [0.2, 0.25) is 10.0 Å². The van der Waals surface area contributed by atoms with Gasteiger partial charge in [0.15, 0.2) is 23.1 Å². The van der Waals surface area contributed by atoms with Gasteiger partial charge in [-0.05, 0) is 30.4 Å². The fourth-order valence-corrected chi connectivity index (χ4v) is 3.38. The highest BCUT2D eigenvalue weighted by Gasteiger charge is 2.34. The van der Waals surface area contributed by atoms with Gasteiger partial charge in [-0.1, -0.05) is 29.3 Å². The number of alkyl halides is 3. The van der Waals surface area contributed by atoms with Crippen molar-refractivity contribution in [3.63, 3.8) is 0 Å². The maximum absolute atomic E-state index is 14.5. The molecule has 13 heteroatoms. The zero-order valence-electron chi connectivity index (χ0n) is 18.3. The Labute approximate surface area is 210 Å². The summed E-state index contributed by atoms with van der Waals surface area (Å²) in [5.74, 6) is -6.88. The molecule has 0 amide bonds. The molecular formula is C23H14Cl2F5NO5. The lowest BCUT2D eigenvalue weighted by Gasteiger charge is -2.26. The summed E-state index contributed by atoms with van der Waals surface area (Å²) in [7, 11) is 2.12. The lowest BCUT2D eigenvalue weighted by Crippen LogP contribution is -2.27. The normalized spacial score (nSPS) is 13.5. The van der Waals surface area contributed by atoms with Crippen LogP contribution in [0.25, 0.3) is 0 Å². The van der Waals surface area contributed by atoms with E-state index in [4.69, 9.17) is 37.4 Å². The number of carbonyl (C=O) groups excluding carboxylic acids is 2. The lowest BCUT2D eigenvalue weighted by atomic mass is 10.1. The van der Waals surface area contributed by atoms with Crippen molar-refractivity contribution < 1.29 is 45.8 Å².